The lowest BCUT2D eigenvalue weighted by Gasteiger charge is -2.35. The summed E-state index contributed by atoms with van der Waals surface area (Å²) in [4.78, 5) is 24.8. The number of piperidine rings is 1. The highest BCUT2D eigenvalue weighted by atomic mass is 35.5. The third-order valence-corrected chi connectivity index (χ3v) is 3.97. The first kappa shape index (κ1) is 15.7. The molecule has 1 aliphatic heterocycles. The maximum Gasteiger partial charge on any atom is 0.282 e. The predicted molar refractivity (Wildman–Crippen MR) is 78.5 cm³/mol. The Bertz CT molecular complexity index is 548. The van der Waals surface area contributed by atoms with Crippen molar-refractivity contribution in [3.63, 3.8) is 0 Å². The number of aliphatic hydroxyl groups excluding tert-OH is 1. The van der Waals surface area contributed by atoms with Crippen LogP contribution in [0.15, 0.2) is 18.2 Å². The Morgan fingerprint density at radius 1 is 1.48 bits per heavy atom. The highest BCUT2D eigenvalue weighted by Gasteiger charge is 2.31. The smallest absolute Gasteiger partial charge is 0.282 e. The highest BCUT2D eigenvalue weighted by molar-refractivity contribution is 6.31. The minimum Gasteiger partial charge on any atom is -0.396 e. The number of likely N-dealkylation sites (tertiary alicyclic amines) is 1. The highest BCUT2D eigenvalue weighted by Crippen LogP contribution is 2.28. The molecular weight excluding hydrogens is 296 g/mol. The first-order valence-electron chi connectivity index (χ1n) is 6.90. The molecule has 21 heavy (non-hydrogen) atoms. The molecule has 0 saturated carbocycles. The van der Waals surface area contributed by atoms with E-state index in [-0.39, 0.29) is 29.8 Å². The molecule has 1 aromatic carbocycles. The Hall–Kier alpha value is -1.66. The van der Waals surface area contributed by atoms with Gasteiger partial charge in [0.15, 0.2) is 0 Å². The molecule has 7 heteroatoms. The molecule has 1 unspecified atom stereocenters. The van der Waals surface area contributed by atoms with Gasteiger partial charge in [0, 0.05) is 30.3 Å². The molecule has 1 saturated heterocycles. The quantitative estimate of drug-likeness (QED) is 0.684. The first-order valence-corrected chi connectivity index (χ1v) is 7.28. The molecule has 0 aliphatic carbocycles. The molecule has 1 aliphatic rings. The molecule has 1 heterocycles. The van der Waals surface area contributed by atoms with Crippen LogP contribution in [0.2, 0.25) is 5.02 Å². The van der Waals surface area contributed by atoms with Gasteiger partial charge in [-0.05, 0) is 37.8 Å². The molecular formula is C14H17ClN2O4. The largest absolute Gasteiger partial charge is 0.396 e. The van der Waals surface area contributed by atoms with Crippen molar-refractivity contribution in [2.45, 2.75) is 31.7 Å². The van der Waals surface area contributed by atoms with Crippen LogP contribution in [0, 0.1) is 10.1 Å². The van der Waals surface area contributed by atoms with Gasteiger partial charge in [0.2, 0.25) is 0 Å². The molecule has 0 radical (unpaired) electrons. The molecule has 1 atom stereocenters. The molecule has 0 bridgehead atoms. The first-order chi connectivity index (χ1) is 10.0. The lowest BCUT2D eigenvalue weighted by atomic mass is 9.98. The van der Waals surface area contributed by atoms with Crippen molar-refractivity contribution in [2.24, 2.45) is 0 Å². The van der Waals surface area contributed by atoms with Crippen LogP contribution in [0.3, 0.4) is 0 Å². The maximum atomic E-state index is 12.6. The summed E-state index contributed by atoms with van der Waals surface area (Å²) in [5, 5.41) is 20.5. The van der Waals surface area contributed by atoms with Crippen molar-refractivity contribution in [2.75, 3.05) is 13.2 Å². The van der Waals surface area contributed by atoms with Gasteiger partial charge in [0.05, 0.1) is 4.92 Å². The van der Waals surface area contributed by atoms with Crippen LogP contribution in [0.1, 0.15) is 36.0 Å². The number of amides is 1. The summed E-state index contributed by atoms with van der Waals surface area (Å²) in [6, 6.07) is 3.92. The van der Waals surface area contributed by atoms with E-state index >= 15 is 0 Å². The number of nitro groups is 1. The van der Waals surface area contributed by atoms with Crippen LogP contribution in [0.5, 0.6) is 0 Å². The Balaban J connectivity index is 2.33. The molecule has 1 amide bonds. The third-order valence-electron chi connectivity index (χ3n) is 3.74. The van der Waals surface area contributed by atoms with Crippen LogP contribution in [-0.4, -0.2) is 40.0 Å². The number of aliphatic hydroxyl groups is 1. The van der Waals surface area contributed by atoms with Gasteiger partial charge in [-0.15, -0.1) is 0 Å². The number of hydrogen-bond acceptors (Lipinski definition) is 4. The van der Waals surface area contributed by atoms with E-state index in [9.17, 15) is 14.9 Å². The second kappa shape index (κ2) is 6.87. The molecule has 0 aromatic heterocycles. The zero-order valence-corrected chi connectivity index (χ0v) is 12.3. The van der Waals surface area contributed by atoms with Gasteiger partial charge in [-0.2, -0.15) is 0 Å². The summed E-state index contributed by atoms with van der Waals surface area (Å²) < 4.78 is 0. The van der Waals surface area contributed by atoms with Gasteiger partial charge in [0.1, 0.15) is 5.56 Å². The standard InChI is InChI=1S/C14H17ClN2O4/c15-10-4-5-13(17(20)21)12(9-10)14(19)16-7-2-1-3-11(16)6-8-18/h4-5,9,11,18H,1-3,6-8H2. The zero-order chi connectivity index (χ0) is 15.4. The van der Waals surface area contributed by atoms with Gasteiger partial charge >= 0.3 is 0 Å². The molecule has 2 rings (SSSR count). The van der Waals surface area contributed by atoms with Crippen molar-refractivity contribution in [1.82, 2.24) is 4.90 Å². The molecule has 114 valence electrons. The predicted octanol–water partition coefficient (Wildman–Crippen LogP) is 2.63. The van der Waals surface area contributed by atoms with Crippen molar-refractivity contribution in [1.29, 1.82) is 0 Å². The summed E-state index contributed by atoms with van der Waals surface area (Å²) in [7, 11) is 0. The summed E-state index contributed by atoms with van der Waals surface area (Å²) in [6.07, 6.45) is 3.15. The summed E-state index contributed by atoms with van der Waals surface area (Å²) >= 11 is 5.87. The van der Waals surface area contributed by atoms with E-state index < -0.39 is 4.92 Å². The minimum atomic E-state index is -0.575. The number of hydrogen-bond donors (Lipinski definition) is 1. The molecule has 1 aromatic rings. The van der Waals surface area contributed by atoms with Crippen LogP contribution in [-0.2, 0) is 0 Å². The van der Waals surface area contributed by atoms with E-state index in [0.29, 0.717) is 18.0 Å². The number of rotatable bonds is 4. The number of carbonyl (C=O) groups is 1. The van der Waals surface area contributed by atoms with Gasteiger partial charge in [-0.25, -0.2) is 0 Å². The van der Waals surface area contributed by atoms with Gasteiger partial charge < -0.3 is 10.0 Å². The SMILES string of the molecule is O=C(c1cc(Cl)ccc1[N+](=O)[O-])N1CCCCC1CCO. The summed E-state index contributed by atoms with van der Waals surface area (Å²) in [5.41, 5.74) is -0.227. The second-order valence-corrected chi connectivity index (χ2v) is 5.52. The Labute approximate surface area is 127 Å². The fourth-order valence-corrected chi connectivity index (χ4v) is 2.88. The van der Waals surface area contributed by atoms with Gasteiger partial charge in [0.25, 0.3) is 11.6 Å². The van der Waals surface area contributed by atoms with Gasteiger partial charge in [-0.1, -0.05) is 11.6 Å². The van der Waals surface area contributed by atoms with Crippen LogP contribution in [0.25, 0.3) is 0 Å². The minimum absolute atomic E-state index is 0.00785. The van der Waals surface area contributed by atoms with E-state index in [1.165, 1.54) is 18.2 Å². The van der Waals surface area contributed by atoms with Crippen molar-refractivity contribution < 1.29 is 14.8 Å². The molecule has 1 N–H and O–H groups in total. The number of nitro benzene ring substituents is 1. The normalized spacial score (nSPS) is 18.6. The van der Waals surface area contributed by atoms with E-state index in [1.807, 2.05) is 0 Å². The molecule has 0 spiro atoms. The van der Waals surface area contributed by atoms with E-state index in [4.69, 9.17) is 16.7 Å². The molecule has 6 nitrogen and oxygen atoms in total. The average molecular weight is 313 g/mol. The number of benzene rings is 1. The lowest BCUT2D eigenvalue weighted by Crippen LogP contribution is -2.44. The third kappa shape index (κ3) is 3.51. The van der Waals surface area contributed by atoms with Crippen molar-refractivity contribution in [3.8, 4) is 0 Å². The number of halogens is 1. The Kier molecular flexibility index (Phi) is 5.14. The van der Waals surface area contributed by atoms with Crippen LogP contribution >= 0.6 is 11.6 Å². The van der Waals surface area contributed by atoms with E-state index in [1.54, 1.807) is 4.90 Å². The second-order valence-electron chi connectivity index (χ2n) is 5.08. The average Bonchev–Trinajstić information content (AvgIpc) is 2.47. The maximum absolute atomic E-state index is 12.6. The topological polar surface area (TPSA) is 83.7 Å². The van der Waals surface area contributed by atoms with Crippen molar-refractivity contribution in [3.05, 3.63) is 38.9 Å². The number of carbonyl (C=O) groups excluding carboxylic acids is 1. The van der Waals surface area contributed by atoms with Gasteiger partial charge in [-0.3, -0.25) is 14.9 Å². The Morgan fingerprint density at radius 3 is 2.90 bits per heavy atom. The van der Waals surface area contributed by atoms with Crippen molar-refractivity contribution >= 4 is 23.2 Å². The number of nitrogens with zero attached hydrogens (tertiary/aromatic N) is 2. The van der Waals surface area contributed by atoms with Crippen LogP contribution < -0.4 is 0 Å². The summed E-state index contributed by atoms with van der Waals surface area (Å²) in [6.45, 7) is 0.541. The zero-order valence-electron chi connectivity index (χ0n) is 11.5. The lowest BCUT2D eigenvalue weighted by molar-refractivity contribution is -0.385. The monoisotopic (exact) mass is 312 g/mol. The van der Waals surface area contributed by atoms with E-state index in [0.717, 1.165) is 19.3 Å². The Morgan fingerprint density at radius 2 is 2.24 bits per heavy atom. The fraction of sp³-hybridized carbons (Fsp3) is 0.500. The fourth-order valence-electron chi connectivity index (χ4n) is 2.71. The summed E-state index contributed by atoms with van der Waals surface area (Å²) in [5.74, 6) is -0.387. The molecule has 1 fully saturated rings. The van der Waals surface area contributed by atoms with Crippen LogP contribution in [0.4, 0.5) is 5.69 Å². The van der Waals surface area contributed by atoms with E-state index in [2.05, 4.69) is 0 Å².